The number of hydrogen-bond donors (Lipinski definition) is 0. The molecule has 0 unspecified atom stereocenters. The molecule has 0 saturated carbocycles. The number of rotatable bonds is 7. The Hall–Kier alpha value is -2.66. The predicted molar refractivity (Wildman–Crippen MR) is 123 cm³/mol. The summed E-state index contributed by atoms with van der Waals surface area (Å²) in [7, 11) is 0. The maximum atomic E-state index is 13.0. The second kappa shape index (κ2) is 9.43. The quantitative estimate of drug-likeness (QED) is 0.468. The third-order valence-electron chi connectivity index (χ3n) is 5.23. The van der Waals surface area contributed by atoms with Gasteiger partial charge in [-0.25, -0.2) is 4.98 Å². The molecule has 158 valence electrons. The SMILES string of the molecule is Cc1ccc(C(=O)N(Cc2csc(COc3cc(C)cc(C)c3C)n2)C(C)C)cc1. The van der Waals surface area contributed by atoms with Crippen LogP contribution in [0.5, 0.6) is 5.75 Å². The highest BCUT2D eigenvalue weighted by molar-refractivity contribution is 7.09. The minimum Gasteiger partial charge on any atom is -0.486 e. The first-order valence-electron chi connectivity index (χ1n) is 10.3. The van der Waals surface area contributed by atoms with Gasteiger partial charge in [0.25, 0.3) is 5.91 Å². The van der Waals surface area contributed by atoms with Crippen molar-refractivity contribution in [2.24, 2.45) is 0 Å². The van der Waals surface area contributed by atoms with E-state index >= 15 is 0 Å². The molecule has 0 aliphatic heterocycles. The van der Waals surface area contributed by atoms with E-state index in [2.05, 4.69) is 32.9 Å². The highest BCUT2D eigenvalue weighted by atomic mass is 32.1. The molecule has 0 radical (unpaired) electrons. The molecule has 4 nitrogen and oxygen atoms in total. The molecule has 0 atom stereocenters. The summed E-state index contributed by atoms with van der Waals surface area (Å²) in [6, 6.07) is 12.0. The molecule has 1 aromatic heterocycles. The highest BCUT2D eigenvalue weighted by Crippen LogP contribution is 2.25. The standard InChI is InChI=1S/C25H30N2O2S/c1-16(2)27(25(28)21-9-7-17(3)8-10-21)13-22-15-30-24(26-22)14-29-23-12-18(4)11-19(5)20(23)6/h7-12,15-16H,13-14H2,1-6H3. The number of thiazole rings is 1. The number of nitrogens with zero attached hydrogens (tertiary/aromatic N) is 2. The maximum Gasteiger partial charge on any atom is 0.254 e. The fourth-order valence-electron chi connectivity index (χ4n) is 3.30. The van der Waals surface area contributed by atoms with Gasteiger partial charge in [0.2, 0.25) is 0 Å². The van der Waals surface area contributed by atoms with Gasteiger partial charge in [-0.15, -0.1) is 11.3 Å². The minimum atomic E-state index is 0.0293. The van der Waals surface area contributed by atoms with E-state index in [0.29, 0.717) is 18.7 Å². The van der Waals surface area contributed by atoms with Crippen molar-refractivity contribution in [3.05, 3.63) is 80.3 Å². The number of aromatic nitrogens is 1. The van der Waals surface area contributed by atoms with Crippen LogP contribution in [0.25, 0.3) is 0 Å². The molecule has 0 N–H and O–H groups in total. The molecule has 5 heteroatoms. The van der Waals surface area contributed by atoms with Crippen molar-refractivity contribution >= 4 is 17.2 Å². The van der Waals surface area contributed by atoms with Gasteiger partial charge in [-0.2, -0.15) is 0 Å². The summed E-state index contributed by atoms with van der Waals surface area (Å²) < 4.78 is 6.05. The minimum absolute atomic E-state index is 0.0293. The van der Waals surface area contributed by atoms with Crippen molar-refractivity contribution in [3.8, 4) is 5.75 Å². The molecular formula is C25H30N2O2S. The van der Waals surface area contributed by atoms with E-state index in [-0.39, 0.29) is 11.9 Å². The lowest BCUT2D eigenvalue weighted by Crippen LogP contribution is -2.36. The summed E-state index contributed by atoms with van der Waals surface area (Å²) in [5.74, 6) is 0.935. The van der Waals surface area contributed by atoms with Crippen molar-refractivity contribution in [1.29, 1.82) is 0 Å². The van der Waals surface area contributed by atoms with E-state index in [4.69, 9.17) is 9.72 Å². The van der Waals surface area contributed by atoms with Crippen LogP contribution in [0.15, 0.2) is 41.8 Å². The van der Waals surface area contributed by atoms with Crippen LogP contribution in [-0.4, -0.2) is 21.8 Å². The summed E-state index contributed by atoms with van der Waals surface area (Å²) in [5.41, 5.74) is 6.32. The molecule has 0 bridgehead atoms. The molecule has 0 spiro atoms. The number of carbonyl (C=O) groups is 1. The normalized spacial score (nSPS) is 11.0. The first-order valence-corrected chi connectivity index (χ1v) is 11.1. The van der Waals surface area contributed by atoms with Crippen LogP contribution in [0.3, 0.4) is 0 Å². The predicted octanol–water partition coefficient (Wildman–Crippen LogP) is 6.01. The van der Waals surface area contributed by atoms with E-state index < -0.39 is 0 Å². The van der Waals surface area contributed by atoms with Crippen molar-refractivity contribution in [2.45, 2.75) is 60.7 Å². The Morgan fingerprint density at radius 2 is 1.77 bits per heavy atom. The van der Waals surface area contributed by atoms with E-state index in [1.54, 1.807) is 11.3 Å². The zero-order valence-electron chi connectivity index (χ0n) is 18.7. The molecule has 2 aromatic carbocycles. The first-order chi connectivity index (χ1) is 14.2. The smallest absolute Gasteiger partial charge is 0.254 e. The molecular weight excluding hydrogens is 392 g/mol. The van der Waals surface area contributed by atoms with Gasteiger partial charge in [0.1, 0.15) is 17.4 Å². The van der Waals surface area contributed by atoms with Gasteiger partial charge < -0.3 is 9.64 Å². The number of aryl methyl sites for hydroxylation is 3. The van der Waals surface area contributed by atoms with Crippen LogP contribution >= 0.6 is 11.3 Å². The lowest BCUT2D eigenvalue weighted by Gasteiger charge is -2.26. The van der Waals surface area contributed by atoms with Gasteiger partial charge in [0, 0.05) is 17.0 Å². The van der Waals surface area contributed by atoms with E-state index in [0.717, 1.165) is 27.6 Å². The monoisotopic (exact) mass is 422 g/mol. The number of amides is 1. The lowest BCUT2D eigenvalue weighted by molar-refractivity contribution is 0.0688. The average Bonchev–Trinajstić information content (AvgIpc) is 3.15. The molecule has 0 saturated heterocycles. The summed E-state index contributed by atoms with van der Waals surface area (Å²) in [5, 5.41) is 2.93. The molecule has 1 heterocycles. The molecule has 3 aromatic rings. The van der Waals surface area contributed by atoms with Gasteiger partial charge >= 0.3 is 0 Å². The Balaban J connectivity index is 1.68. The zero-order chi connectivity index (χ0) is 21.8. The topological polar surface area (TPSA) is 42.4 Å². The van der Waals surface area contributed by atoms with Gasteiger partial charge in [-0.05, 0) is 76.4 Å². The Bertz CT molecular complexity index is 1020. The summed E-state index contributed by atoms with van der Waals surface area (Å²) in [6.07, 6.45) is 0. The Morgan fingerprint density at radius 1 is 1.07 bits per heavy atom. The number of benzene rings is 2. The largest absolute Gasteiger partial charge is 0.486 e. The van der Waals surface area contributed by atoms with E-state index in [9.17, 15) is 4.79 Å². The van der Waals surface area contributed by atoms with Crippen molar-refractivity contribution in [1.82, 2.24) is 9.88 Å². The highest BCUT2D eigenvalue weighted by Gasteiger charge is 2.20. The van der Waals surface area contributed by atoms with E-state index in [1.165, 1.54) is 11.1 Å². The molecule has 3 rings (SSSR count). The molecule has 1 amide bonds. The summed E-state index contributed by atoms with van der Waals surface area (Å²) in [6.45, 7) is 13.3. The van der Waals surface area contributed by atoms with Crippen molar-refractivity contribution in [2.75, 3.05) is 0 Å². The Kier molecular flexibility index (Phi) is 6.93. The molecule has 0 aliphatic carbocycles. The van der Waals surface area contributed by atoms with Gasteiger partial charge in [-0.1, -0.05) is 23.8 Å². The Labute approximate surface area is 183 Å². The zero-order valence-corrected chi connectivity index (χ0v) is 19.5. The third kappa shape index (κ3) is 5.28. The summed E-state index contributed by atoms with van der Waals surface area (Å²) >= 11 is 1.57. The van der Waals surface area contributed by atoms with Crippen LogP contribution in [0.4, 0.5) is 0 Å². The second-order valence-corrected chi connectivity index (χ2v) is 9.06. The maximum absolute atomic E-state index is 13.0. The number of ether oxygens (including phenoxy) is 1. The third-order valence-corrected chi connectivity index (χ3v) is 6.10. The van der Waals surface area contributed by atoms with Crippen LogP contribution in [0, 0.1) is 27.7 Å². The lowest BCUT2D eigenvalue weighted by atomic mass is 10.1. The van der Waals surface area contributed by atoms with Crippen molar-refractivity contribution in [3.63, 3.8) is 0 Å². The number of hydrogen-bond acceptors (Lipinski definition) is 4. The molecule has 30 heavy (non-hydrogen) atoms. The number of carbonyl (C=O) groups excluding carboxylic acids is 1. The second-order valence-electron chi connectivity index (χ2n) is 8.12. The van der Waals surface area contributed by atoms with Crippen molar-refractivity contribution < 1.29 is 9.53 Å². The van der Waals surface area contributed by atoms with Crippen LogP contribution in [0.1, 0.15) is 57.2 Å². The average molecular weight is 423 g/mol. The van der Waals surface area contributed by atoms with Gasteiger partial charge in [0.15, 0.2) is 0 Å². The molecule has 0 aliphatic rings. The fourth-order valence-corrected chi connectivity index (χ4v) is 4.00. The van der Waals surface area contributed by atoms with E-state index in [1.807, 2.05) is 55.3 Å². The van der Waals surface area contributed by atoms with Crippen LogP contribution < -0.4 is 4.74 Å². The van der Waals surface area contributed by atoms with Crippen LogP contribution in [0.2, 0.25) is 0 Å². The van der Waals surface area contributed by atoms with Crippen LogP contribution in [-0.2, 0) is 13.2 Å². The van der Waals surface area contributed by atoms with Gasteiger partial charge in [0.05, 0.1) is 12.2 Å². The first kappa shape index (κ1) is 22.0. The molecule has 0 fully saturated rings. The summed E-state index contributed by atoms with van der Waals surface area (Å²) in [4.78, 5) is 19.6. The fraction of sp³-hybridized carbons (Fsp3) is 0.360. The Morgan fingerprint density at radius 3 is 2.43 bits per heavy atom. The van der Waals surface area contributed by atoms with Gasteiger partial charge in [-0.3, -0.25) is 4.79 Å².